The Kier molecular flexibility index (Phi) is 2.16. The number of hydrogen-bond acceptors (Lipinski definition) is 0. The summed E-state index contributed by atoms with van der Waals surface area (Å²) in [6.07, 6.45) is 1.14. The largest absolute Gasteiger partial charge is 0.166 e. The van der Waals surface area contributed by atoms with E-state index < -0.39 is 0 Å². The molecule has 1 heteroatoms. The Morgan fingerprint density at radius 3 is 2.40 bits per heavy atom. The van der Waals surface area contributed by atoms with Crippen molar-refractivity contribution in [3.63, 3.8) is 0 Å². The Balaban J connectivity index is 2.11. The highest BCUT2D eigenvalue weighted by Crippen LogP contribution is 2.28. The first-order chi connectivity index (χ1) is 7.45. The zero-order valence-corrected chi connectivity index (χ0v) is 9.32. The van der Waals surface area contributed by atoms with Gasteiger partial charge in [-0.15, -0.1) is 0 Å². The predicted molar refractivity (Wildman–Crippen MR) is 68.8 cm³/mol. The molecule has 3 rings (SSSR count). The Morgan fingerprint density at radius 2 is 1.53 bits per heavy atom. The summed E-state index contributed by atoms with van der Waals surface area (Å²) in [5, 5.41) is 3.01. The molecule has 0 fully saturated rings. The maximum absolute atomic E-state index is 2.47. The average molecular weight is 211 g/mol. The Bertz CT molecular complexity index is 512. The molecule has 2 aromatic rings. The molecule has 72 valence electrons. The van der Waals surface area contributed by atoms with E-state index in [2.05, 4.69) is 60.4 Å². The molecule has 2 aromatic carbocycles. The van der Waals surface area contributed by atoms with E-state index in [0.717, 1.165) is 6.42 Å². The highest BCUT2D eigenvalue weighted by Gasteiger charge is 2.25. The van der Waals surface area contributed by atoms with E-state index in [-0.39, 0.29) is 7.55 Å². The standard InChI is InChI=1S/C14H12P/c1-2-7-13(8-3-1)15-11-10-12-6-4-5-9-14(12)15/h1-9,11H,10H2/q+1. The summed E-state index contributed by atoms with van der Waals surface area (Å²) in [6, 6.07) is 19.6. The molecule has 15 heavy (non-hydrogen) atoms. The molecule has 1 unspecified atom stereocenters. The molecular weight excluding hydrogens is 199 g/mol. The average Bonchev–Trinajstić information content (AvgIpc) is 2.74. The monoisotopic (exact) mass is 211 g/mol. The predicted octanol–water partition coefficient (Wildman–Crippen LogP) is 2.48. The first kappa shape index (κ1) is 8.88. The fourth-order valence-electron chi connectivity index (χ4n) is 2.04. The lowest BCUT2D eigenvalue weighted by Gasteiger charge is -1.94. The summed E-state index contributed by atoms with van der Waals surface area (Å²) in [5.41, 5.74) is 1.51. The molecule has 0 bridgehead atoms. The van der Waals surface area contributed by atoms with Crippen LogP contribution < -0.4 is 10.6 Å². The molecule has 0 aliphatic carbocycles. The molecular formula is C14H12P+. The zero-order chi connectivity index (χ0) is 10.1. The van der Waals surface area contributed by atoms with Gasteiger partial charge in [-0.3, -0.25) is 0 Å². The quantitative estimate of drug-likeness (QED) is 0.636. The van der Waals surface area contributed by atoms with E-state index in [4.69, 9.17) is 0 Å². The minimum atomic E-state index is -0.181. The Hall–Kier alpha value is -1.39. The van der Waals surface area contributed by atoms with Crippen LogP contribution in [0, 0.1) is 0 Å². The summed E-state index contributed by atoms with van der Waals surface area (Å²) in [6.45, 7) is 0. The molecule has 0 saturated heterocycles. The van der Waals surface area contributed by atoms with Gasteiger partial charge in [-0.1, -0.05) is 36.4 Å². The molecule has 1 aliphatic heterocycles. The van der Waals surface area contributed by atoms with Crippen LogP contribution in [0.2, 0.25) is 0 Å². The van der Waals surface area contributed by atoms with Crippen LogP contribution in [-0.4, -0.2) is 5.80 Å². The van der Waals surface area contributed by atoms with Crippen LogP contribution in [0.5, 0.6) is 0 Å². The summed E-state index contributed by atoms with van der Waals surface area (Å²) in [7, 11) is -0.181. The maximum atomic E-state index is 2.47. The second kappa shape index (κ2) is 3.64. The molecule has 1 aliphatic rings. The Labute approximate surface area is 91.0 Å². The van der Waals surface area contributed by atoms with E-state index in [1.54, 1.807) is 5.30 Å². The minimum Gasteiger partial charge on any atom is -0.0619 e. The molecule has 1 heterocycles. The van der Waals surface area contributed by atoms with Gasteiger partial charge in [0.1, 0.15) is 5.80 Å². The molecule has 0 amide bonds. The van der Waals surface area contributed by atoms with Crippen molar-refractivity contribution in [1.82, 2.24) is 0 Å². The molecule has 0 aromatic heterocycles. The first-order valence-electron chi connectivity index (χ1n) is 5.21. The van der Waals surface area contributed by atoms with E-state index in [0.29, 0.717) is 0 Å². The number of fused-ring (bicyclic) bond motifs is 1. The maximum Gasteiger partial charge on any atom is 0.166 e. The smallest absolute Gasteiger partial charge is 0.0619 e. The fraction of sp³-hybridized carbons (Fsp3) is 0.0714. The van der Waals surface area contributed by atoms with Gasteiger partial charge in [-0.05, 0) is 18.2 Å². The van der Waals surface area contributed by atoms with Crippen molar-refractivity contribution in [2.24, 2.45) is 0 Å². The van der Waals surface area contributed by atoms with Crippen molar-refractivity contribution in [3.05, 3.63) is 60.2 Å². The van der Waals surface area contributed by atoms with Crippen LogP contribution in [0.3, 0.4) is 0 Å². The van der Waals surface area contributed by atoms with Crippen molar-refractivity contribution in [3.8, 4) is 0 Å². The SMILES string of the molecule is C1=[P+](c2ccccc2)c2ccccc2C1. The van der Waals surface area contributed by atoms with Crippen molar-refractivity contribution in [2.75, 3.05) is 0 Å². The van der Waals surface area contributed by atoms with Gasteiger partial charge in [0.25, 0.3) is 0 Å². The second-order valence-corrected chi connectivity index (χ2v) is 5.82. The van der Waals surface area contributed by atoms with Crippen molar-refractivity contribution < 1.29 is 0 Å². The minimum absolute atomic E-state index is 0.181. The van der Waals surface area contributed by atoms with Crippen molar-refractivity contribution >= 4 is 24.0 Å². The highest BCUT2D eigenvalue weighted by molar-refractivity contribution is 7.72. The zero-order valence-electron chi connectivity index (χ0n) is 8.43. The molecule has 1 atom stereocenters. The van der Waals surface area contributed by atoms with Crippen LogP contribution in [0.25, 0.3) is 0 Å². The van der Waals surface area contributed by atoms with Crippen LogP contribution >= 0.6 is 7.55 Å². The lowest BCUT2D eigenvalue weighted by Crippen LogP contribution is -2.06. The van der Waals surface area contributed by atoms with Gasteiger partial charge in [0.15, 0.2) is 18.2 Å². The first-order valence-corrected chi connectivity index (χ1v) is 6.62. The van der Waals surface area contributed by atoms with Crippen molar-refractivity contribution in [2.45, 2.75) is 6.42 Å². The summed E-state index contributed by atoms with van der Waals surface area (Å²) in [5.74, 6) is 2.47. The van der Waals surface area contributed by atoms with Gasteiger partial charge in [-0.2, -0.15) is 0 Å². The molecule has 0 saturated carbocycles. The van der Waals surface area contributed by atoms with Gasteiger partial charge in [0, 0.05) is 12.0 Å². The van der Waals surface area contributed by atoms with Gasteiger partial charge < -0.3 is 0 Å². The summed E-state index contributed by atoms with van der Waals surface area (Å²) < 4.78 is 0. The van der Waals surface area contributed by atoms with E-state index >= 15 is 0 Å². The lowest BCUT2D eigenvalue weighted by atomic mass is 10.2. The second-order valence-electron chi connectivity index (χ2n) is 3.72. The van der Waals surface area contributed by atoms with Crippen LogP contribution in [0.4, 0.5) is 0 Å². The highest BCUT2D eigenvalue weighted by atomic mass is 31.1. The summed E-state index contributed by atoms with van der Waals surface area (Å²) in [4.78, 5) is 0. The van der Waals surface area contributed by atoms with Gasteiger partial charge in [0.2, 0.25) is 0 Å². The van der Waals surface area contributed by atoms with Crippen LogP contribution in [0.15, 0.2) is 54.6 Å². The Morgan fingerprint density at radius 1 is 0.800 bits per heavy atom. The number of hydrogen-bond donors (Lipinski definition) is 0. The summed E-state index contributed by atoms with van der Waals surface area (Å²) >= 11 is 0. The van der Waals surface area contributed by atoms with Gasteiger partial charge in [0.05, 0.1) is 0 Å². The van der Waals surface area contributed by atoms with Gasteiger partial charge >= 0.3 is 0 Å². The molecule has 0 radical (unpaired) electrons. The normalized spacial score (nSPS) is 15.9. The number of rotatable bonds is 1. The lowest BCUT2D eigenvalue weighted by molar-refractivity contribution is 1.43. The van der Waals surface area contributed by atoms with Gasteiger partial charge in [-0.25, -0.2) is 0 Å². The van der Waals surface area contributed by atoms with E-state index in [9.17, 15) is 0 Å². The third-order valence-corrected chi connectivity index (χ3v) is 5.14. The molecule has 0 spiro atoms. The van der Waals surface area contributed by atoms with Crippen molar-refractivity contribution in [1.29, 1.82) is 0 Å². The topological polar surface area (TPSA) is 0 Å². The van der Waals surface area contributed by atoms with Crippen LogP contribution in [0.1, 0.15) is 5.56 Å². The third kappa shape index (κ3) is 1.52. The van der Waals surface area contributed by atoms with E-state index in [1.165, 1.54) is 10.9 Å². The fourth-order valence-corrected chi connectivity index (χ4v) is 4.32. The molecule has 0 nitrogen and oxygen atoms in total. The number of benzene rings is 2. The van der Waals surface area contributed by atoms with E-state index in [1.807, 2.05) is 0 Å². The van der Waals surface area contributed by atoms with Crippen LogP contribution in [-0.2, 0) is 6.42 Å². The third-order valence-electron chi connectivity index (χ3n) is 2.78. The molecule has 0 N–H and O–H groups in total.